The van der Waals surface area contributed by atoms with E-state index in [1.54, 1.807) is 37.0 Å². The van der Waals surface area contributed by atoms with E-state index in [-0.39, 0.29) is 5.82 Å². The highest BCUT2D eigenvalue weighted by Gasteiger charge is 2.08. The van der Waals surface area contributed by atoms with Crippen LogP contribution < -0.4 is 0 Å². The Kier molecular flexibility index (Phi) is 4.50. The smallest absolute Gasteiger partial charge is 0.138 e. The number of halogens is 1. The summed E-state index contributed by atoms with van der Waals surface area (Å²) < 4.78 is 12.8. The quantitative estimate of drug-likeness (QED) is 0.872. The van der Waals surface area contributed by atoms with Gasteiger partial charge < -0.3 is 5.11 Å². The van der Waals surface area contributed by atoms with Crippen molar-refractivity contribution < 1.29 is 9.50 Å². The van der Waals surface area contributed by atoms with Gasteiger partial charge in [0, 0.05) is 22.3 Å². The minimum atomic E-state index is -0.557. The van der Waals surface area contributed by atoms with E-state index < -0.39 is 6.10 Å². The summed E-state index contributed by atoms with van der Waals surface area (Å²) in [5.41, 5.74) is 1.54. The molecule has 0 saturated carbocycles. The molecule has 100 valence electrons. The van der Waals surface area contributed by atoms with Crippen molar-refractivity contribution in [3.8, 4) is 0 Å². The summed E-state index contributed by atoms with van der Waals surface area (Å²) in [7, 11) is 0. The maximum Gasteiger partial charge on any atom is 0.138 e. The first kappa shape index (κ1) is 14.0. The number of benzene rings is 1. The number of hydrogen-bond acceptors (Lipinski definition) is 4. The molecular weight excluding hydrogens is 263 g/mol. The van der Waals surface area contributed by atoms with E-state index in [1.165, 1.54) is 12.1 Å². The molecule has 0 aliphatic carbocycles. The molecular formula is C14H15FN2OS. The predicted octanol–water partition coefficient (Wildman–Crippen LogP) is 3.27. The van der Waals surface area contributed by atoms with Crippen LogP contribution in [0.15, 0.2) is 35.4 Å². The Morgan fingerprint density at radius 3 is 2.58 bits per heavy atom. The molecule has 1 unspecified atom stereocenters. The van der Waals surface area contributed by atoms with E-state index in [4.69, 9.17) is 0 Å². The van der Waals surface area contributed by atoms with E-state index >= 15 is 0 Å². The molecule has 1 aromatic heterocycles. The highest BCUT2D eigenvalue weighted by molar-refractivity contribution is 7.98. The van der Waals surface area contributed by atoms with Crippen LogP contribution in [0.3, 0.4) is 0 Å². The number of aromatic nitrogens is 2. The first-order chi connectivity index (χ1) is 9.06. The third-order valence-corrected chi connectivity index (χ3v) is 3.71. The summed E-state index contributed by atoms with van der Waals surface area (Å²) in [4.78, 5) is 9.56. The molecule has 0 bridgehead atoms. The molecule has 0 aliphatic rings. The standard InChI is InChI=1S/C14H15FN2OS/c1-9-13(10(2)18)7-16-14(17-9)8-19-12-5-3-11(15)4-6-12/h3-7,10,18H,8H2,1-2H3. The summed E-state index contributed by atoms with van der Waals surface area (Å²) in [5.74, 6) is 1.08. The predicted molar refractivity (Wildman–Crippen MR) is 73.4 cm³/mol. The lowest BCUT2D eigenvalue weighted by molar-refractivity contribution is 0.197. The van der Waals surface area contributed by atoms with Crippen molar-refractivity contribution in [2.45, 2.75) is 30.6 Å². The zero-order valence-corrected chi connectivity index (χ0v) is 11.6. The van der Waals surface area contributed by atoms with Crippen LogP contribution in [0.2, 0.25) is 0 Å². The third kappa shape index (κ3) is 3.75. The van der Waals surface area contributed by atoms with E-state index in [0.29, 0.717) is 11.6 Å². The van der Waals surface area contributed by atoms with Crippen LogP contribution in [0.25, 0.3) is 0 Å². The molecule has 1 atom stereocenters. The van der Waals surface area contributed by atoms with Crippen LogP contribution >= 0.6 is 11.8 Å². The monoisotopic (exact) mass is 278 g/mol. The Morgan fingerprint density at radius 2 is 2.00 bits per heavy atom. The Balaban J connectivity index is 2.04. The van der Waals surface area contributed by atoms with Crippen LogP contribution in [0.5, 0.6) is 0 Å². The molecule has 1 heterocycles. The summed E-state index contributed by atoms with van der Waals surface area (Å²) in [6.07, 6.45) is 1.10. The lowest BCUT2D eigenvalue weighted by Gasteiger charge is -2.08. The van der Waals surface area contributed by atoms with Crippen molar-refractivity contribution >= 4 is 11.8 Å². The zero-order chi connectivity index (χ0) is 13.8. The Hall–Kier alpha value is -1.46. The van der Waals surface area contributed by atoms with Gasteiger partial charge in [-0.2, -0.15) is 0 Å². The van der Waals surface area contributed by atoms with Crippen LogP contribution in [-0.4, -0.2) is 15.1 Å². The summed E-state index contributed by atoms with van der Waals surface area (Å²) in [6, 6.07) is 6.34. The van der Waals surface area contributed by atoms with Gasteiger partial charge >= 0.3 is 0 Å². The Bertz CT molecular complexity index is 558. The summed E-state index contributed by atoms with van der Waals surface area (Å²) in [5, 5.41) is 9.51. The van der Waals surface area contributed by atoms with Gasteiger partial charge in [0.2, 0.25) is 0 Å². The van der Waals surface area contributed by atoms with Crippen molar-refractivity contribution in [2.24, 2.45) is 0 Å². The minimum absolute atomic E-state index is 0.238. The van der Waals surface area contributed by atoms with Gasteiger partial charge in [-0.1, -0.05) is 0 Å². The number of aryl methyl sites for hydroxylation is 1. The molecule has 19 heavy (non-hydrogen) atoms. The fraction of sp³-hybridized carbons (Fsp3) is 0.286. The van der Waals surface area contributed by atoms with Crippen molar-refractivity contribution in [1.29, 1.82) is 0 Å². The summed E-state index contributed by atoms with van der Waals surface area (Å²) in [6.45, 7) is 3.55. The molecule has 2 aromatic rings. The van der Waals surface area contributed by atoms with Gasteiger partial charge in [-0.15, -0.1) is 11.8 Å². The van der Waals surface area contributed by atoms with Crippen LogP contribution in [-0.2, 0) is 5.75 Å². The van der Waals surface area contributed by atoms with Crippen LogP contribution in [0.4, 0.5) is 4.39 Å². The average Bonchev–Trinajstić information content (AvgIpc) is 2.37. The number of aliphatic hydroxyl groups is 1. The lowest BCUT2D eigenvalue weighted by Crippen LogP contribution is -2.02. The maximum atomic E-state index is 12.8. The SMILES string of the molecule is Cc1nc(CSc2ccc(F)cc2)ncc1C(C)O. The molecule has 0 aliphatic heterocycles. The fourth-order valence-corrected chi connectivity index (χ4v) is 2.45. The average molecular weight is 278 g/mol. The molecule has 5 heteroatoms. The third-order valence-electron chi connectivity index (χ3n) is 2.70. The number of thioether (sulfide) groups is 1. The van der Waals surface area contributed by atoms with E-state index in [2.05, 4.69) is 9.97 Å². The van der Waals surface area contributed by atoms with Gasteiger partial charge in [-0.05, 0) is 38.1 Å². The number of aliphatic hydroxyl groups excluding tert-OH is 1. The summed E-state index contributed by atoms with van der Waals surface area (Å²) >= 11 is 1.55. The second-order valence-electron chi connectivity index (χ2n) is 4.25. The fourth-order valence-electron chi connectivity index (χ4n) is 1.68. The minimum Gasteiger partial charge on any atom is -0.389 e. The molecule has 0 spiro atoms. The Morgan fingerprint density at radius 1 is 1.32 bits per heavy atom. The second-order valence-corrected chi connectivity index (χ2v) is 5.29. The first-order valence-electron chi connectivity index (χ1n) is 5.95. The lowest BCUT2D eigenvalue weighted by atomic mass is 10.1. The van der Waals surface area contributed by atoms with Crippen LogP contribution in [0.1, 0.15) is 30.1 Å². The number of rotatable bonds is 4. The van der Waals surface area contributed by atoms with Crippen molar-refractivity contribution in [1.82, 2.24) is 9.97 Å². The van der Waals surface area contributed by atoms with Gasteiger partial charge in [0.05, 0.1) is 11.9 Å². The van der Waals surface area contributed by atoms with Gasteiger partial charge in [0.25, 0.3) is 0 Å². The van der Waals surface area contributed by atoms with Crippen molar-refractivity contribution in [3.05, 3.63) is 53.4 Å². The van der Waals surface area contributed by atoms with Gasteiger partial charge in [0.15, 0.2) is 0 Å². The van der Waals surface area contributed by atoms with E-state index in [1.807, 2.05) is 6.92 Å². The molecule has 2 rings (SSSR count). The van der Waals surface area contributed by atoms with Crippen molar-refractivity contribution in [3.63, 3.8) is 0 Å². The van der Waals surface area contributed by atoms with Gasteiger partial charge in [0.1, 0.15) is 11.6 Å². The van der Waals surface area contributed by atoms with Crippen molar-refractivity contribution in [2.75, 3.05) is 0 Å². The Labute approximate surface area is 115 Å². The van der Waals surface area contributed by atoms with Crippen LogP contribution in [0, 0.1) is 12.7 Å². The molecule has 0 saturated heterocycles. The second kappa shape index (κ2) is 6.12. The molecule has 1 aromatic carbocycles. The zero-order valence-electron chi connectivity index (χ0n) is 10.8. The normalized spacial score (nSPS) is 12.4. The molecule has 1 N–H and O–H groups in total. The van der Waals surface area contributed by atoms with Gasteiger partial charge in [-0.25, -0.2) is 14.4 Å². The number of hydrogen-bond donors (Lipinski definition) is 1. The molecule has 0 radical (unpaired) electrons. The highest BCUT2D eigenvalue weighted by atomic mass is 32.2. The largest absolute Gasteiger partial charge is 0.389 e. The first-order valence-corrected chi connectivity index (χ1v) is 6.93. The van der Waals surface area contributed by atoms with Gasteiger partial charge in [-0.3, -0.25) is 0 Å². The molecule has 0 amide bonds. The molecule has 3 nitrogen and oxygen atoms in total. The van der Waals surface area contributed by atoms with E-state index in [9.17, 15) is 9.50 Å². The number of nitrogens with zero attached hydrogens (tertiary/aromatic N) is 2. The van der Waals surface area contributed by atoms with E-state index in [0.717, 1.165) is 16.2 Å². The topological polar surface area (TPSA) is 46.0 Å². The molecule has 0 fully saturated rings. The highest BCUT2D eigenvalue weighted by Crippen LogP contribution is 2.22. The maximum absolute atomic E-state index is 12.8.